The number of amides is 2. The van der Waals surface area contributed by atoms with E-state index in [4.69, 9.17) is 4.74 Å². The van der Waals surface area contributed by atoms with Gasteiger partial charge >= 0.3 is 0 Å². The van der Waals surface area contributed by atoms with E-state index < -0.39 is 0 Å². The first kappa shape index (κ1) is 18.9. The maximum absolute atomic E-state index is 12.2. The molecule has 6 nitrogen and oxygen atoms in total. The van der Waals surface area contributed by atoms with E-state index in [9.17, 15) is 9.59 Å². The second-order valence-corrected chi connectivity index (χ2v) is 6.30. The maximum Gasteiger partial charge on any atom is 0.236 e. The highest BCUT2D eigenvalue weighted by atomic mass is 16.5. The van der Waals surface area contributed by atoms with Crippen LogP contribution in [0.15, 0.2) is 0 Å². The summed E-state index contributed by atoms with van der Waals surface area (Å²) in [6.07, 6.45) is 2.35. The van der Waals surface area contributed by atoms with E-state index in [0.717, 1.165) is 19.3 Å². The molecule has 0 radical (unpaired) electrons. The van der Waals surface area contributed by atoms with Gasteiger partial charge in [-0.25, -0.2) is 0 Å². The number of carbonyl (C=O) groups is 2. The summed E-state index contributed by atoms with van der Waals surface area (Å²) in [5.41, 5.74) is 0. The van der Waals surface area contributed by atoms with E-state index in [1.54, 1.807) is 7.11 Å². The normalized spacial score (nSPS) is 16.4. The van der Waals surface area contributed by atoms with Crippen LogP contribution in [0.1, 0.15) is 33.1 Å². The Labute approximate surface area is 134 Å². The molecule has 128 valence electrons. The molecule has 1 rings (SSSR count). The predicted octanol–water partition coefficient (Wildman–Crippen LogP) is 0.718. The zero-order valence-corrected chi connectivity index (χ0v) is 14.4. The Morgan fingerprint density at radius 3 is 2.50 bits per heavy atom. The first-order chi connectivity index (χ1) is 10.5. The third kappa shape index (κ3) is 6.32. The number of likely N-dealkylation sites (N-methyl/N-ethyl adjacent to an activating group) is 1. The van der Waals surface area contributed by atoms with E-state index in [1.165, 1.54) is 0 Å². The molecule has 6 heteroatoms. The van der Waals surface area contributed by atoms with Gasteiger partial charge in [-0.3, -0.25) is 14.5 Å². The van der Waals surface area contributed by atoms with Gasteiger partial charge in [0, 0.05) is 45.3 Å². The molecule has 0 spiro atoms. The van der Waals surface area contributed by atoms with E-state index >= 15 is 0 Å². The van der Waals surface area contributed by atoms with E-state index in [0.29, 0.717) is 38.8 Å². The summed E-state index contributed by atoms with van der Waals surface area (Å²) < 4.78 is 4.96. The van der Waals surface area contributed by atoms with Gasteiger partial charge in [-0.15, -0.1) is 0 Å². The lowest BCUT2D eigenvalue weighted by atomic mass is 9.96. The summed E-state index contributed by atoms with van der Waals surface area (Å²) in [4.78, 5) is 28.2. The molecule has 1 aliphatic rings. The first-order valence-electron chi connectivity index (χ1n) is 8.20. The number of likely N-dealkylation sites (tertiary alicyclic amines) is 1. The number of nitrogens with zero attached hydrogens (tertiary/aromatic N) is 2. The number of nitrogens with one attached hydrogen (secondary N) is 1. The molecule has 1 aliphatic heterocycles. The van der Waals surface area contributed by atoms with Gasteiger partial charge in [0.25, 0.3) is 0 Å². The van der Waals surface area contributed by atoms with Crippen LogP contribution < -0.4 is 5.32 Å². The molecular weight excluding hydrogens is 282 g/mol. The van der Waals surface area contributed by atoms with Crippen LogP contribution in [0.25, 0.3) is 0 Å². The molecule has 22 heavy (non-hydrogen) atoms. The average Bonchev–Trinajstić information content (AvgIpc) is 2.51. The number of carbonyl (C=O) groups excluding carboxylic acids is 2. The molecule has 1 N–H and O–H groups in total. The molecule has 2 amide bonds. The number of rotatable bonds is 8. The van der Waals surface area contributed by atoms with E-state index in [2.05, 4.69) is 19.2 Å². The minimum atomic E-state index is 0.0365. The van der Waals surface area contributed by atoms with Gasteiger partial charge in [-0.2, -0.15) is 0 Å². The molecule has 0 unspecified atom stereocenters. The van der Waals surface area contributed by atoms with Crippen molar-refractivity contribution >= 4 is 11.8 Å². The Balaban J connectivity index is 2.27. The molecule has 1 heterocycles. The average molecular weight is 313 g/mol. The summed E-state index contributed by atoms with van der Waals surface area (Å²) in [6, 6.07) is 0.361. The monoisotopic (exact) mass is 313 g/mol. The van der Waals surface area contributed by atoms with Crippen LogP contribution in [-0.2, 0) is 14.3 Å². The Hall–Kier alpha value is -1.14. The van der Waals surface area contributed by atoms with Crippen molar-refractivity contribution < 1.29 is 14.3 Å². The number of hydrogen-bond acceptors (Lipinski definition) is 4. The fraction of sp³-hybridized carbons (Fsp3) is 0.875. The quantitative estimate of drug-likeness (QED) is 0.671. The lowest BCUT2D eigenvalue weighted by Crippen LogP contribution is -2.46. The van der Waals surface area contributed by atoms with Gasteiger partial charge in [-0.05, 0) is 40.2 Å². The molecule has 1 saturated heterocycles. The molecule has 0 aliphatic carbocycles. The van der Waals surface area contributed by atoms with E-state index in [1.807, 2.05) is 16.8 Å². The van der Waals surface area contributed by atoms with Crippen molar-refractivity contribution in [1.82, 2.24) is 15.1 Å². The SMILES string of the molecule is COCCCNC(=O)C1CCN(C(=O)CN(C)C(C)C)CC1. The number of ether oxygens (including phenoxy) is 1. The van der Waals surface area contributed by atoms with Gasteiger partial charge in [-0.1, -0.05) is 0 Å². The Morgan fingerprint density at radius 2 is 1.95 bits per heavy atom. The van der Waals surface area contributed by atoms with Gasteiger partial charge in [0.1, 0.15) is 0 Å². The number of methoxy groups -OCH3 is 1. The Kier molecular flexibility index (Phi) is 8.42. The molecule has 1 fully saturated rings. The van der Waals surface area contributed by atoms with Crippen LogP contribution in [0.4, 0.5) is 0 Å². The van der Waals surface area contributed by atoms with Crippen LogP contribution in [-0.4, -0.2) is 74.6 Å². The van der Waals surface area contributed by atoms with E-state index in [-0.39, 0.29) is 17.7 Å². The van der Waals surface area contributed by atoms with Crippen molar-refractivity contribution in [3.63, 3.8) is 0 Å². The van der Waals surface area contributed by atoms with Crippen LogP contribution in [0, 0.1) is 5.92 Å². The lowest BCUT2D eigenvalue weighted by Gasteiger charge is -2.33. The smallest absolute Gasteiger partial charge is 0.236 e. The van der Waals surface area contributed by atoms with Gasteiger partial charge in [0.15, 0.2) is 0 Å². The molecule has 0 aromatic rings. The molecule has 0 aromatic heterocycles. The topological polar surface area (TPSA) is 61.9 Å². The lowest BCUT2D eigenvalue weighted by molar-refractivity contribution is -0.136. The predicted molar refractivity (Wildman–Crippen MR) is 86.6 cm³/mol. The van der Waals surface area contributed by atoms with Gasteiger partial charge in [0.2, 0.25) is 11.8 Å². The summed E-state index contributed by atoms with van der Waals surface area (Å²) >= 11 is 0. The van der Waals surface area contributed by atoms with Crippen molar-refractivity contribution in [1.29, 1.82) is 0 Å². The highest BCUT2D eigenvalue weighted by Gasteiger charge is 2.27. The van der Waals surface area contributed by atoms with Crippen molar-refractivity contribution in [2.75, 3.05) is 46.9 Å². The van der Waals surface area contributed by atoms with Crippen molar-refractivity contribution in [3.8, 4) is 0 Å². The molecule has 0 atom stereocenters. The van der Waals surface area contributed by atoms with Crippen LogP contribution >= 0.6 is 0 Å². The molecule has 0 bridgehead atoms. The zero-order valence-electron chi connectivity index (χ0n) is 14.4. The largest absolute Gasteiger partial charge is 0.385 e. The third-order valence-electron chi connectivity index (χ3n) is 4.31. The van der Waals surface area contributed by atoms with Crippen molar-refractivity contribution in [2.45, 2.75) is 39.2 Å². The van der Waals surface area contributed by atoms with Crippen LogP contribution in [0.3, 0.4) is 0 Å². The summed E-state index contributed by atoms with van der Waals surface area (Å²) in [6.45, 7) is 7.29. The summed E-state index contributed by atoms with van der Waals surface area (Å²) in [5.74, 6) is 0.312. The Bertz CT molecular complexity index is 353. The fourth-order valence-electron chi connectivity index (χ4n) is 2.46. The minimum Gasteiger partial charge on any atom is -0.385 e. The maximum atomic E-state index is 12.2. The van der Waals surface area contributed by atoms with Crippen molar-refractivity contribution in [2.24, 2.45) is 5.92 Å². The second kappa shape index (κ2) is 9.79. The minimum absolute atomic E-state index is 0.0365. The standard InChI is InChI=1S/C16H31N3O3/c1-13(2)18(3)12-15(20)19-9-6-14(7-10-19)16(21)17-8-5-11-22-4/h13-14H,5-12H2,1-4H3,(H,17,21). The number of piperidine rings is 1. The molecule has 0 saturated carbocycles. The summed E-state index contributed by atoms with van der Waals surface area (Å²) in [5, 5.41) is 2.95. The van der Waals surface area contributed by atoms with Crippen LogP contribution in [0.5, 0.6) is 0 Å². The molecular formula is C16H31N3O3. The van der Waals surface area contributed by atoms with Gasteiger partial charge < -0.3 is 15.0 Å². The second-order valence-electron chi connectivity index (χ2n) is 6.30. The number of hydrogen-bond donors (Lipinski definition) is 1. The van der Waals surface area contributed by atoms with Gasteiger partial charge in [0.05, 0.1) is 6.54 Å². The Morgan fingerprint density at radius 1 is 1.32 bits per heavy atom. The summed E-state index contributed by atoms with van der Waals surface area (Å²) in [7, 11) is 3.62. The third-order valence-corrected chi connectivity index (χ3v) is 4.31. The first-order valence-corrected chi connectivity index (χ1v) is 8.20. The van der Waals surface area contributed by atoms with Crippen LogP contribution in [0.2, 0.25) is 0 Å². The van der Waals surface area contributed by atoms with Crippen molar-refractivity contribution in [3.05, 3.63) is 0 Å². The highest BCUT2D eigenvalue weighted by molar-refractivity contribution is 5.80. The fourth-order valence-corrected chi connectivity index (χ4v) is 2.46. The molecule has 0 aromatic carbocycles. The zero-order chi connectivity index (χ0) is 16.5. The highest BCUT2D eigenvalue weighted by Crippen LogP contribution is 2.17.